The average Bonchev–Trinajstić information content (AvgIpc) is 1.97. The number of rotatable bonds is 4. The van der Waals surface area contributed by atoms with Gasteiger partial charge in [0.05, 0.1) is 5.76 Å². The van der Waals surface area contributed by atoms with Gasteiger partial charge in [0, 0.05) is 6.42 Å². The van der Waals surface area contributed by atoms with Crippen LogP contribution in [0, 0.1) is 5.92 Å². The molecule has 0 fully saturated rings. The molecule has 0 heterocycles. The zero-order valence-corrected chi connectivity index (χ0v) is 7.67. The summed E-state index contributed by atoms with van der Waals surface area (Å²) in [5, 5.41) is 9.03. The van der Waals surface area contributed by atoms with Crippen molar-refractivity contribution < 1.29 is 5.11 Å². The molecule has 0 aromatic carbocycles. The zero-order chi connectivity index (χ0) is 8.69. The summed E-state index contributed by atoms with van der Waals surface area (Å²) in [6.07, 6.45) is 7.54. The molecule has 64 valence electrons. The molecule has 0 aliphatic heterocycles. The van der Waals surface area contributed by atoms with Gasteiger partial charge in [0.2, 0.25) is 0 Å². The molecule has 0 saturated heterocycles. The average molecular weight is 154 g/mol. The Morgan fingerprint density at radius 1 is 1.45 bits per heavy atom. The summed E-state index contributed by atoms with van der Waals surface area (Å²) in [7, 11) is 0. The van der Waals surface area contributed by atoms with Crippen LogP contribution in [0.4, 0.5) is 0 Å². The van der Waals surface area contributed by atoms with Crippen LogP contribution < -0.4 is 0 Å². The van der Waals surface area contributed by atoms with E-state index >= 15 is 0 Å². The molecule has 0 saturated carbocycles. The molecule has 1 heteroatoms. The van der Waals surface area contributed by atoms with E-state index in [0.29, 0.717) is 18.1 Å². The summed E-state index contributed by atoms with van der Waals surface area (Å²) >= 11 is 0. The van der Waals surface area contributed by atoms with E-state index in [4.69, 9.17) is 5.11 Å². The molecule has 0 aromatic heterocycles. The number of allylic oxidation sites excluding steroid dienone is 4. The van der Waals surface area contributed by atoms with Gasteiger partial charge in [-0.25, -0.2) is 0 Å². The van der Waals surface area contributed by atoms with Gasteiger partial charge in [-0.3, -0.25) is 0 Å². The molecular weight excluding hydrogens is 136 g/mol. The molecule has 0 aliphatic rings. The number of hydrogen-bond acceptors (Lipinski definition) is 1. The van der Waals surface area contributed by atoms with Gasteiger partial charge in [0.15, 0.2) is 0 Å². The number of hydrogen-bond donors (Lipinski definition) is 1. The van der Waals surface area contributed by atoms with Gasteiger partial charge in [-0.05, 0) is 18.4 Å². The predicted octanol–water partition coefficient (Wildman–Crippen LogP) is 3.44. The molecule has 0 radical (unpaired) electrons. The van der Waals surface area contributed by atoms with E-state index in [2.05, 4.69) is 19.9 Å². The minimum absolute atomic E-state index is 0.449. The van der Waals surface area contributed by atoms with E-state index in [1.54, 1.807) is 6.08 Å². The fourth-order valence-electron chi connectivity index (χ4n) is 0.648. The second-order valence-electron chi connectivity index (χ2n) is 3.07. The van der Waals surface area contributed by atoms with Crippen LogP contribution >= 0.6 is 0 Å². The van der Waals surface area contributed by atoms with Crippen LogP contribution in [0.5, 0.6) is 0 Å². The van der Waals surface area contributed by atoms with Crippen molar-refractivity contribution in [2.75, 3.05) is 0 Å². The third-order valence-electron chi connectivity index (χ3n) is 1.39. The van der Waals surface area contributed by atoms with Crippen molar-refractivity contribution in [1.29, 1.82) is 0 Å². The van der Waals surface area contributed by atoms with Crippen molar-refractivity contribution >= 4 is 0 Å². The summed E-state index contributed by atoms with van der Waals surface area (Å²) in [4.78, 5) is 0. The Bertz CT molecular complexity index is 143. The lowest BCUT2D eigenvalue weighted by atomic mass is 10.1. The molecule has 1 nitrogen and oxygen atoms in total. The summed E-state index contributed by atoms with van der Waals surface area (Å²) in [6, 6.07) is 0. The smallest absolute Gasteiger partial charge is 0.0919 e. The Labute approximate surface area is 69.4 Å². The maximum atomic E-state index is 9.03. The topological polar surface area (TPSA) is 20.2 Å². The zero-order valence-electron chi connectivity index (χ0n) is 7.67. The van der Waals surface area contributed by atoms with Gasteiger partial charge in [-0.1, -0.05) is 32.9 Å². The van der Waals surface area contributed by atoms with Crippen LogP contribution in [-0.4, -0.2) is 5.11 Å². The van der Waals surface area contributed by atoms with Crippen LogP contribution in [0.15, 0.2) is 24.0 Å². The van der Waals surface area contributed by atoms with Gasteiger partial charge in [-0.2, -0.15) is 0 Å². The van der Waals surface area contributed by atoms with Crippen molar-refractivity contribution in [3.05, 3.63) is 24.0 Å². The lowest BCUT2D eigenvalue weighted by molar-refractivity contribution is 0.395. The van der Waals surface area contributed by atoms with Crippen LogP contribution in [0.25, 0.3) is 0 Å². The van der Waals surface area contributed by atoms with E-state index < -0.39 is 0 Å². The first-order valence-corrected chi connectivity index (χ1v) is 4.21. The highest BCUT2D eigenvalue weighted by atomic mass is 16.3. The molecule has 11 heavy (non-hydrogen) atoms. The Kier molecular flexibility index (Phi) is 5.63. The second-order valence-corrected chi connectivity index (χ2v) is 3.07. The van der Waals surface area contributed by atoms with E-state index in [0.717, 1.165) is 6.42 Å². The van der Waals surface area contributed by atoms with E-state index in [1.807, 2.05) is 13.0 Å². The fourth-order valence-corrected chi connectivity index (χ4v) is 0.648. The lowest BCUT2D eigenvalue weighted by Crippen LogP contribution is -1.80. The van der Waals surface area contributed by atoms with E-state index in [1.165, 1.54) is 0 Å². The van der Waals surface area contributed by atoms with Gasteiger partial charge < -0.3 is 5.11 Å². The monoisotopic (exact) mass is 154 g/mol. The number of aliphatic hydroxyl groups excluding tert-OH is 1. The van der Waals surface area contributed by atoms with Gasteiger partial charge in [0.25, 0.3) is 0 Å². The van der Waals surface area contributed by atoms with Crippen molar-refractivity contribution in [1.82, 2.24) is 0 Å². The normalized spacial score (nSPS) is 13.3. The highest BCUT2D eigenvalue weighted by Gasteiger charge is 1.86. The Morgan fingerprint density at radius 3 is 2.55 bits per heavy atom. The molecule has 0 aliphatic carbocycles. The molecule has 0 rings (SSSR count). The summed E-state index contributed by atoms with van der Waals surface area (Å²) in [5.74, 6) is 1.15. The summed E-state index contributed by atoms with van der Waals surface area (Å²) < 4.78 is 0. The summed E-state index contributed by atoms with van der Waals surface area (Å²) in [5.41, 5.74) is 0. The molecule has 0 atom stereocenters. The van der Waals surface area contributed by atoms with Crippen molar-refractivity contribution in [3.8, 4) is 0 Å². The highest BCUT2D eigenvalue weighted by Crippen LogP contribution is 2.01. The lowest BCUT2D eigenvalue weighted by Gasteiger charge is -1.95. The third-order valence-corrected chi connectivity index (χ3v) is 1.39. The van der Waals surface area contributed by atoms with E-state index in [9.17, 15) is 0 Å². The quantitative estimate of drug-likeness (QED) is 0.486. The molecule has 1 N–H and O–H groups in total. The fraction of sp³-hybridized carbons (Fsp3) is 0.600. The molecule has 0 amide bonds. The maximum Gasteiger partial charge on any atom is 0.0919 e. The van der Waals surface area contributed by atoms with Crippen LogP contribution in [-0.2, 0) is 0 Å². The molecule has 0 spiro atoms. The first kappa shape index (κ1) is 10.3. The van der Waals surface area contributed by atoms with E-state index in [-0.39, 0.29) is 0 Å². The van der Waals surface area contributed by atoms with Crippen LogP contribution in [0.3, 0.4) is 0 Å². The minimum Gasteiger partial charge on any atom is -0.512 e. The Hall–Kier alpha value is -0.720. The largest absolute Gasteiger partial charge is 0.512 e. The molecule has 0 bridgehead atoms. The number of aliphatic hydroxyl groups is 1. The first-order valence-electron chi connectivity index (χ1n) is 4.21. The Balaban J connectivity index is 3.59. The van der Waals surface area contributed by atoms with Gasteiger partial charge >= 0.3 is 0 Å². The van der Waals surface area contributed by atoms with Crippen molar-refractivity contribution in [2.24, 2.45) is 5.92 Å². The maximum absolute atomic E-state index is 9.03. The highest BCUT2D eigenvalue weighted by molar-refractivity contribution is 5.06. The van der Waals surface area contributed by atoms with Crippen molar-refractivity contribution in [3.63, 3.8) is 0 Å². The SMILES string of the molecule is CC/C(O)=C\C=C/CC(C)C. The standard InChI is InChI=1S/C10H18O/c1-4-10(11)8-6-5-7-9(2)3/h5-6,8-9,11H,4,7H2,1-3H3/b6-5-,10-8+. The summed E-state index contributed by atoms with van der Waals surface area (Å²) in [6.45, 7) is 6.28. The van der Waals surface area contributed by atoms with Crippen LogP contribution in [0.1, 0.15) is 33.6 Å². The molecule has 0 unspecified atom stereocenters. The predicted molar refractivity (Wildman–Crippen MR) is 49.6 cm³/mol. The van der Waals surface area contributed by atoms with Gasteiger partial charge in [-0.15, -0.1) is 0 Å². The van der Waals surface area contributed by atoms with Crippen molar-refractivity contribution in [2.45, 2.75) is 33.6 Å². The Morgan fingerprint density at radius 2 is 2.09 bits per heavy atom. The molecular formula is C10H18O. The van der Waals surface area contributed by atoms with Crippen LogP contribution in [0.2, 0.25) is 0 Å². The minimum atomic E-state index is 0.449. The van der Waals surface area contributed by atoms with Gasteiger partial charge in [0.1, 0.15) is 0 Å². The first-order chi connectivity index (χ1) is 5.16. The molecule has 0 aromatic rings. The second kappa shape index (κ2) is 6.02. The third kappa shape index (κ3) is 7.17.